The monoisotopic (exact) mass is 225 g/mol. The van der Waals surface area contributed by atoms with E-state index in [0.29, 0.717) is 0 Å². The minimum atomic E-state index is 0.736. The Kier molecular flexibility index (Phi) is 3.49. The largest absolute Gasteiger partial charge is 0.496 e. The second-order valence-electron chi connectivity index (χ2n) is 4.02. The zero-order valence-corrected chi connectivity index (χ0v) is 9.68. The summed E-state index contributed by atoms with van der Waals surface area (Å²) in [6, 6.07) is 5.89. The van der Waals surface area contributed by atoms with Gasteiger partial charge in [-0.15, -0.1) is 0 Å². The fourth-order valence-electron chi connectivity index (χ4n) is 2.09. The fraction of sp³-hybridized carbons (Fsp3) is 0.500. The standard InChI is InChI=1S/C12H16ClNO/c1-15-12-7-11(13)3-2-10(12)6-9-4-5-14-8-9/h2-3,7,9,14H,4-6,8H2,1H3. The van der Waals surface area contributed by atoms with Crippen molar-refractivity contribution in [1.29, 1.82) is 0 Å². The van der Waals surface area contributed by atoms with Crippen molar-refractivity contribution in [2.24, 2.45) is 5.92 Å². The van der Waals surface area contributed by atoms with E-state index in [-0.39, 0.29) is 0 Å². The van der Waals surface area contributed by atoms with Gasteiger partial charge in [0.2, 0.25) is 0 Å². The normalized spacial score (nSPS) is 20.5. The van der Waals surface area contributed by atoms with Crippen molar-refractivity contribution in [3.8, 4) is 5.75 Å². The van der Waals surface area contributed by atoms with E-state index in [9.17, 15) is 0 Å². The molecule has 1 aromatic carbocycles. The van der Waals surface area contributed by atoms with Gasteiger partial charge in [-0.2, -0.15) is 0 Å². The maximum absolute atomic E-state index is 5.92. The number of nitrogens with one attached hydrogen (secondary N) is 1. The van der Waals surface area contributed by atoms with Crippen LogP contribution in [0.3, 0.4) is 0 Å². The molecule has 0 amide bonds. The summed E-state index contributed by atoms with van der Waals surface area (Å²) in [6.45, 7) is 2.26. The van der Waals surface area contributed by atoms with Crippen molar-refractivity contribution in [1.82, 2.24) is 5.32 Å². The molecule has 2 nitrogen and oxygen atoms in total. The molecule has 1 aliphatic heterocycles. The van der Waals surface area contributed by atoms with Crippen LogP contribution in [0.2, 0.25) is 5.02 Å². The van der Waals surface area contributed by atoms with Gasteiger partial charge in [-0.25, -0.2) is 0 Å². The van der Waals surface area contributed by atoms with Crippen molar-refractivity contribution in [3.63, 3.8) is 0 Å². The minimum Gasteiger partial charge on any atom is -0.496 e. The molecule has 82 valence electrons. The summed E-state index contributed by atoms with van der Waals surface area (Å²) in [4.78, 5) is 0. The second-order valence-corrected chi connectivity index (χ2v) is 4.46. The van der Waals surface area contributed by atoms with Crippen molar-refractivity contribution in [3.05, 3.63) is 28.8 Å². The van der Waals surface area contributed by atoms with E-state index < -0.39 is 0 Å². The molecule has 15 heavy (non-hydrogen) atoms. The Bertz CT molecular complexity index is 334. The number of benzene rings is 1. The smallest absolute Gasteiger partial charge is 0.123 e. The van der Waals surface area contributed by atoms with Gasteiger partial charge in [0.25, 0.3) is 0 Å². The lowest BCUT2D eigenvalue weighted by Gasteiger charge is -2.12. The number of rotatable bonds is 3. The number of halogens is 1. The van der Waals surface area contributed by atoms with Crippen LogP contribution in [0, 0.1) is 5.92 Å². The molecular weight excluding hydrogens is 210 g/mol. The van der Waals surface area contributed by atoms with Crippen LogP contribution in [0.25, 0.3) is 0 Å². The number of hydrogen-bond donors (Lipinski definition) is 1. The van der Waals surface area contributed by atoms with E-state index >= 15 is 0 Å². The van der Waals surface area contributed by atoms with E-state index in [2.05, 4.69) is 11.4 Å². The molecule has 1 atom stereocenters. The summed E-state index contributed by atoms with van der Waals surface area (Å²) in [6.07, 6.45) is 2.33. The predicted molar refractivity (Wildman–Crippen MR) is 62.7 cm³/mol. The third kappa shape index (κ3) is 2.64. The zero-order chi connectivity index (χ0) is 10.7. The highest BCUT2D eigenvalue weighted by Crippen LogP contribution is 2.26. The lowest BCUT2D eigenvalue weighted by molar-refractivity contribution is 0.405. The first kappa shape index (κ1) is 10.8. The average molecular weight is 226 g/mol. The van der Waals surface area contributed by atoms with E-state index in [0.717, 1.165) is 36.2 Å². The molecule has 1 fully saturated rings. The Morgan fingerprint density at radius 2 is 2.40 bits per heavy atom. The lowest BCUT2D eigenvalue weighted by Crippen LogP contribution is -2.11. The van der Waals surface area contributed by atoms with Gasteiger partial charge in [0, 0.05) is 5.02 Å². The molecule has 2 rings (SSSR count). The third-order valence-corrected chi connectivity index (χ3v) is 3.16. The molecule has 0 spiro atoms. The van der Waals surface area contributed by atoms with Crippen LogP contribution in [0.4, 0.5) is 0 Å². The maximum Gasteiger partial charge on any atom is 0.123 e. The van der Waals surface area contributed by atoms with Crippen molar-refractivity contribution in [2.75, 3.05) is 20.2 Å². The van der Waals surface area contributed by atoms with Gasteiger partial charge >= 0.3 is 0 Å². The molecular formula is C12H16ClNO. The molecule has 1 heterocycles. The molecule has 0 saturated carbocycles. The molecule has 0 bridgehead atoms. The Labute approximate surface area is 95.6 Å². The second kappa shape index (κ2) is 4.86. The predicted octanol–water partition coefficient (Wildman–Crippen LogP) is 2.50. The fourth-order valence-corrected chi connectivity index (χ4v) is 2.25. The van der Waals surface area contributed by atoms with Crippen LogP contribution in [-0.2, 0) is 6.42 Å². The first-order valence-electron chi connectivity index (χ1n) is 5.32. The molecule has 0 aliphatic carbocycles. The molecule has 0 radical (unpaired) electrons. The quantitative estimate of drug-likeness (QED) is 0.854. The van der Waals surface area contributed by atoms with Crippen LogP contribution in [-0.4, -0.2) is 20.2 Å². The SMILES string of the molecule is COc1cc(Cl)ccc1CC1CCNC1. The molecule has 1 N–H and O–H groups in total. The van der Waals surface area contributed by atoms with Gasteiger partial charge in [-0.3, -0.25) is 0 Å². The van der Waals surface area contributed by atoms with E-state index in [1.807, 2.05) is 12.1 Å². The highest BCUT2D eigenvalue weighted by molar-refractivity contribution is 6.30. The number of methoxy groups -OCH3 is 1. The Morgan fingerprint density at radius 1 is 1.53 bits per heavy atom. The summed E-state index contributed by atoms with van der Waals surface area (Å²) < 4.78 is 5.33. The molecule has 3 heteroatoms. The van der Waals surface area contributed by atoms with Crippen LogP contribution in [0.5, 0.6) is 5.75 Å². The Balaban J connectivity index is 2.12. The molecule has 1 unspecified atom stereocenters. The van der Waals surface area contributed by atoms with Crippen molar-refractivity contribution in [2.45, 2.75) is 12.8 Å². The molecule has 1 aliphatic rings. The first-order valence-corrected chi connectivity index (χ1v) is 5.70. The minimum absolute atomic E-state index is 0.736. The van der Waals surface area contributed by atoms with E-state index in [4.69, 9.17) is 16.3 Å². The van der Waals surface area contributed by atoms with Crippen molar-refractivity contribution < 1.29 is 4.74 Å². The van der Waals surface area contributed by atoms with Gasteiger partial charge in [0.15, 0.2) is 0 Å². The first-order chi connectivity index (χ1) is 7.29. The highest BCUT2D eigenvalue weighted by Gasteiger charge is 2.16. The number of hydrogen-bond acceptors (Lipinski definition) is 2. The van der Waals surface area contributed by atoms with Crippen LogP contribution < -0.4 is 10.1 Å². The molecule has 0 aromatic heterocycles. The summed E-state index contributed by atoms with van der Waals surface area (Å²) in [7, 11) is 1.70. The van der Waals surface area contributed by atoms with Gasteiger partial charge in [0.05, 0.1) is 7.11 Å². The summed E-state index contributed by atoms with van der Waals surface area (Å²) in [5.74, 6) is 1.65. The van der Waals surface area contributed by atoms with E-state index in [1.54, 1.807) is 7.11 Å². The number of ether oxygens (including phenoxy) is 1. The molecule has 1 saturated heterocycles. The third-order valence-electron chi connectivity index (χ3n) is 2.92. The van der Waals surface area contributed by atoms with Gasteiger partial charge in [-0.1, -0.05) is 17.7 Å². The average Bonchev–Trinajstić information content (AvgIpc) is 2.73. The van der Waals surface area contributed by atoms with Gasteiger partial charge in [0.1, 0.15) is 5.75 Å². The van der Waals surface area contributed by atoms with Crippen LogP contribution in [0.15, 0.2) is 18.2 Å². The maximum atomic E-state index is 5.92. The Hall–Kier alpha value is -0.730. The Morgan fingerprint density at radius 3 is 3.07 bits per heavy atom. The topological polar surface area (TPSA) is 21.3 Å². The van der Waals surface area contributed by atoms with Gasteiger partial charge < -0.3 is 10.1 Å². The highest BCUT2D eigenvalue weighted by atomic mass is 35.5. The van der Waals surface area contributed by atoms with Gasteiger partial charge in [-0.05, 0) is 49.5 Å². The van der Waals surface area contributed by atoms with Crippen molar-refractivity contribution >= 4 is 11.6 Å². The van der Waals surface area contributed by atoms with Crippen LogP contribution >= 0.6 is 11.6 Å². The lowest BCUT2D eigenvalue weighted by atomic mass is 9.98. The van der Waals surface area contributed by atoms with Crippen LogP contribution in [0.1, 0.15) is 12.0 Å². The zero-order valence-electron chi connectivity index (χ0n) is 8.92. The van der Waals surface area contributed by atoms with E-state index in [1.165, 1.54) is 12.0 Å². The summed E-state index contributed by atoms with van der Waals surface area (Å²) in [5.41, 5.74) is 1.26. The summed E-state index contributed by atoms with van der Waals surface area (Å²) in [5, 5.41) is 4.11. The molecule has 1 aromatic rings. The summed E-state index contributed by atoms with van der Waals surface area (Å²) >= 11 is 5.92.